The maximum absolute atomic E-state index is 12.9. The Hall–Kier alpha value is -3.65. The molecule has 8 heteroatoms. The number of nitrogens with one attached hydrogen (secondary N) is 3. The molecule has 1 saturated heterocycles. The van der Waals surface area contributed by atoms with Gasteiger partial charge in [-0.05, 0) is 37.0 Å². The van der Waals surface area contributed by atoms with Crippen molar-refractivity contribution in [3.05, 3.63) is 77.5 Å². The lowest BCUT2D eigenvalue weighted by atomic mass is 9.94. The molecule has 2 amide bonds. The third-order valence-electron chi connectivity index (χ3n) is 6.20. The molecule has 2 heterocycles. The zero-order chi connectivity index (χ0) is 23.9. The minimum Gasteiger partial charge on any atom is -0.481 e. The fourth-order valence-electron chi connectivity index (χ4n) is 4.47. The van der Waals surface area contributed by atoms with Gasteiger partial charge in [-0.1, -0.05) is 55.5 Å². The zero-order valence-electron chi connectivity index (χ0n) is 19.3. The summed E-state index contributed by atoms with van der Waals surface area (Å²) in [4.78, 5) is 22.3. The van der Waals surface area contributed by atoms with Crippen LogP contribution in [0.3, 0.4) is 0 Å². The summed E-state index contributed by atoms with van der Waals surface area (Å²) in [7, 11) is 0. The molecule has 4 N–H and O–H groups in total. The van der Waals surface area contributed by atoms with Crippen molar-refractivity contribution in [2.24, 2.45) is 0 Å². The number of carboxylic acids is 1. The van der Waals surface area contributed by atoms with Gasteiger partial charge in [-0.15, -0.1) is 0 Å². The molecule has 0 bridgehead atoms. The van der Waals surface area contributed by atoms with Gasteiger partial charge in [0.15, 0.2) is 0 Å². The summed E-state index contributed by atoms with van der Waals surface area (Å²) in [5, 5.41) is 22.2. The monoisotopic (exact) mass is 461 g/mol. The first-order chi connectivity index (χ1) is 16.6. The molecular weight excluding hydrogens is 430 g/mol. The Balaban J connectivity index is 0.000000499. The highest BCUT2D eigenvalue weighted by molar-refractivity contribution is 5.90. The number of aromatic nitrogens is 2. The number of rotatable bonds is 5. The van der Waals surface area contributed by atoms with Gasteiger partial charge in [-0.3, -0.25) is 10.1 Å². The normalized spacial score (nSPS) is 18.5. The smallest absolute Gasteiger partial charge is 0.320 e. The second kappa shape index (κ2) is 11.0. The first-order valence-corrected chi connectivity index (χ1v) is 11.8. The van der Waals surface area contributed by atoms with Gasteiger partial charge < -0.3 is 15.7 Å². The van der Waals surface area contributed by atoms with Crippen molar-refractivity contribution in [2.45, 2.75) is 44.6 Å². The highest BCUT2D eigenvalue weighted by Gasteiger charge is 2.30. The zero-order valence-corrected chi connectivity index (χ0v) is 19.3. The van der Waals surface area contributed by atoms with E-state index in [1.807, 2.05) is 53.2 Å². The summed E-state index contributed by atoms with van der Waals surface area (Å²) >= 11 is 0. The summed E-state index contributed by atoms with van der Waals surface area (Å²) in [5.74, 6) is 0.320. The van der Waals surface area contributed by atoms with E-state index in [4.69, 9.17) is 10.2 Å². The van der Waals surface area contributed by atoms with E-state index in [1.54, 1.807) is 6.92 Å². The summed E-state index contributed by atoms with van der Waals surface area (Å²) < 4.78 is 1.87. The molecule has 0 saturated carbocycles. The molecule has 8 nitrogen and oxygen atoms in total. The maximum atomic E-state index is 12.9. The van der Waals surface area contributed by atoms with Crippen LogP contribution in [0.5, 0.6) is 0 Å². The molecule has 2 aliphatic rings. The Bertz CT molecular complexity index is 1110. The SMILES string of the molecule is CCC(=O)O.O=C(Nc1c2c(nn1-c1ccccc1)CCC2)N[C@@H]1CNC[C@H]1c1ccccc1. The van der Waals surface area contributed by atoms with E-state index >= 15 is 0 Å². The number of anilines is 1. The summed E-state index contributed by atoms with van der Waals surface area (Å²) in [6.07, 6.45) is 3.23. The number of nitrogens with zero attached hydrogens (tertiary/aromatic N) is 2. The molecule has 0 unspecified atom stereocenters. The van der Waals surface area contributed by atoms with Crippen molar-refractivity contribution in [1.29, 1.82) is 0 Å². The Labute approximate surface area is 199 Å². The average Bonchev–Trinajstić information content (AvgIpc) is 3.58. The Morgan fingerprint density at radius 2 is 1.74 bits per heavy atom. The number of carbonyl (C=O) groups excluding carboxylic acids is 1. The minimum absolute atomic E-state index is 0.0542. The molecule has 1 aliphatic heterocycles. The van der Waals surface area contributed by atoms with E-state index < -0.39 is 5.97 Å². The topological polar surface area (TPSA) is 108 Å². The lowest BCUT2D eigenvalue weighted by molar-refractivity contribution is -0.136. The molecule has 1 fully saturated rings. The number of para-hydroxylation sites is 1. The van der Waals surface area contributed by atoms with E-state index in [2.05, 4.69) is 28.1 Å². The van der Waals surface area contributed by atoms with E-state index in [9.17, 15) is 9.59 Å². The highest BCUT2D eigenvalue weighted by atomic mass is 16.4. The number of amides is 2. The standard InChI is InChI=1S/C23H25N5O.C3H6O2/c29-23(25-21-15-24-14-19(21)16-8-3-1-4-9-16)26-22-18-12-7-13-20(18)27-28(22)17-10-5-2-6-11-17;1-2-3(4)5/h1-6,8-11,19,21,24H,7,12-15H2,(H2,25,26,29);2H2,1H3,(H,4,5)/t19-,21+;/m0./s1. The van der Waals surface area contributed by atoms with Crippen LogP contribution in [0.1, 0.15) is 42.5 Å². The van der Waals surface area contributed by atoms with Crippen LogP contribution in [0.2, 0.25) is 0 Å². The van der Waals surface area contributed by atoms with Crippen LogP contribution < -0.4 is 16.0 Å². The Kier molecular flexibility index (Phi) is 7.59. The molecule has 1 aromatic heterocycles. The predicted molar refractivity (Wildman–Crippen MR) is 132 cm³/mol. The number of aliphatic carboxylic acids is 1. The van der Waals surface area contributed by atoms with Crippen LogP contribution in [0.15, 0.2) is 60.7 Å². The average molecular weight is 462 g/mol. The largest absolute Gasteiger partial charge is 0.481 e. The number of carboxylic acid groups (broad SMARTS) is 1. The van der Waals surface area contributed by atoms with Crippen LogP contribution in [-0.4, -0.2) is 46.0 Å². The molecule has 0 spiro atoms. The fourth-order valence-corrected chi connectivity index (χ4v) is 4.47. The number of hydrogen-bond donors (Lipinski definition) is 4. The Morgan fingerprint density at radius 3 is 2.41 bits per heavy atom. The summed E-state index contributed by atoms with van der Waals surface area (Å²) in [6.45, 7) is 3.23. The number of fused-ring (bicyclic) bond motifs is 1. The number of hydrogen-bond acceptors (Lipinski definition) is 4. The number of benzene rings is 2. The molecule has 5 rings (SSSR count). The van der Waals surface area contributed by atoms with Crippen molar-refractivity contribution >= 4 is 17.8 Å². The van der Waals surface area contributed by atoms with Crippen LogP contribution in [0.25, 0.3) is 5.69 Å². The van der Waals surface area contributed by atoms with Crippen molar-refractivity contribution < 1.29 is 14.7 Å². The molecule has 1 aliphatic carbocycles. The van der Waals surface area contributed by atoms with Gasteiger partial charge in [-0.2, -0.15) is 5.10 Å². The second-order valence-electron chi connectivity index (χ2n) is 8.50. The van der Waals surface area contributed by atoms with Gasteiger partial charge >= 0.3 is 12.0 Å². The first-order valence-electron chi connectivity index (χ1n) is 11.8. The van der Waals surface area contributed by atoms with Gasteiger partial charge in [0.25, 0.3) is 0 Å². The van der Waals surface area contributed by atoms with Gasteiger partial charge in [0.1, 0.15) is 5.82 Å². The first kappa shape index (κ1) is 23.5. The highest BCUT2D eigenvalue weighted by Crippen LogP contribution is 2.31. The second-order valence-corrected chi connectivity index (χ2v) is 8.50. The van der Waals surface area contributed by atoms with Crippen LogP contribution >= 0.6 is 0 Å². The lowest BCUT2D eigenvalue weighted by Gasteiger charge is -2.21. The third kappa shape index (κ3) is 5.46. The molecule has 178 valence electrons. The minimum atomic E-state index is -0.745. The molecule has 0 radical (unpaired) electrons. The van der Waals surface area contributed by atoms with Crippen LogP contribution in [-0.2, 0) is 17.6 Å². The van der Waals surface area contributed by atoms with Gasteiger partial charge in [-0.25, -0.2) is 9.48 Å². The van der Waals surface area contributed by atoms with Crippen molar-refractivity contribution in [1.82, 2.24) is 20.4 Å². The van der Waals surface area contributed by atoms with E-state index in [0.717, 1.165) is 55.1 Å². The molecule has 2 atom stereocenters. The van der Waals surface area contributed by atoms with Crippen molar-refractivity contribution in [2.75, 3.05) is 18.4 Å². The Morgan fingerprint density at radius 1 is 1.06 bits per heavy atom. The fraction of sp³-hybridized carbons (Fsp3) is 0.346. The number of urea groups is 1. The third-order valence-corrected chi connectivity index (χ3v) is 6.20. The molecule has 34 heavy (non-hydrogen) atoms. The van der Waals surface area contributed by atoms with Crippen LogP contribution in [0.4, 0.5) is 10.6 Å². The van der Waals surface area contributed by atoms with E-state index in [0.29, 0.717) is 0 Å². The van der Waals surface area contributed by atoms with Gasteiger partial charge in [0.2, 0.25) is 0 Å². The summed E-state index contributed by atoms with van der Waals surface area (Å²) in [5.41, 5.74) is 4.46. The summed E-state index contributed by atoms with van der Waals surface area (Å²) in [6, 6.07) is 20.2. The molecule has 2 aromatic carbocycles. The number of aryl methyl sites for hydroxylation is 1. The van der Waals surface area contributed by atoms with Gasteiger partial charge in [0, 0.05) is 31.0 Å². The van der Waals surface area contributed by atoms with E-state index in [-0.39, 0.29) is 24.4 Å². The predicted octanol–water partition coefficient (Wildman–Crippen LogP) is 3.72. The van der Waals surface area contributed by atoms with Crippen molar-refractivity contribution in [3.8, 4) is 5.69 Å². The van der Waals surface area contributed by atoms with E-state index in [1.165, 1.54) is 5.56 Å². The van der Waals surface area contributed by atoms with Crippen molar-refractivity contribution in [3.63, 3.8) is 0 Å². The lowest BCUT2D eigenvalue weighted by Crippen LogP contribution is -2.42. The maximum Gasteiger partial charge on any atom is 0.320 e. The van der Waals surface area contributed by atoms with Crippen LogP contribution in [0, 0.1) is 0 Å². The molecule has 3 aromatic rings. The molecular formula is C26H31N5O3. The number of carbonyl (C=O) groups is 2. The van der Waals surface area contributed by atoms with Gasteiger partial charge in [0.05, 0.1) is 17.4 Å². The quantitative estimate of drug-likeness (QED) is 0.463.